The third-order valence-electron chi connectivity index (χ3n) is 2.77. The Morgan fingerprint density at radius 3 is 2.64 bits per heavy atom. The van der Waals surface area contributed by atoms with E-state index in [1.165, 1.54) is 6.07 Å². The first-order valence-electron chi connectivity index (χ1n) is 6.67. The van der Waals surface area contributed by atoms with E-state index in [9.17, 15) is 13.6 Å². The average Bonchev–Trinajstić information content (AvgIpc) is 2.50. The number of nitrogens with one attached hydrogen (secondary N) is 2. The maximum atomic E-state index is 13.4. The van der Waals surface area contributed by atoms with E-state index in [0.29, 0.717) is 18.1 Å². The van der Waals surface area contributed by atoms with E-state index in [0.717, 1.165) is 12.1 Å². The largest absolute Gasteiger partial charge is 0.478 e. The molecule has 2 rings (SSSR count). The molecule has 5 nitrogen and oxygen atoms in total. The molecule has 0 aliphatic carbocycles. The second-order valence-electron chi connectivity index (χ2n) is 4.31. The first kappa shape index (κ1) is 15.7. The summed E-state index contributed by atoms with van der Waals surface area (Å²) in [5.74, 6) is -1.28. The van der Waals surface area contributed by atoms with Crippen LogP contribution in [0.2, 0.25) is 0 Å². The summed E-state index contributed by atoms with van der Waals surface area (Å²) in [6.07, 6.45) is 1.57. The molecule has 0 atom stereocenters. The van der Waals surface area contributed by atoms with Crippen LogP contribution in [0.5, 0.6) is 5.88 Å². The Bertz CT molecular complexity index is 645. The molecule has 116 valence electrons. The number of para-hydroxylation sites is 1. The first-order valence-corrected chi connectivity index (χ1v) is 6.67. The fraction of sp³-hybridized carbons (Fsp3) is 0.200. The van der Waals surface area contributed by atoms with E-state index in [-0.39, 0.29) is 6.54 Å². The van der Waals surface area contributed by atoms with Crippen molar-refractivity contribution in [2.45, 2.75) is 13.5 Å². The molecule has 1 aromatic heterocycles. The number of hydrogen-bond donors (Lipinski definition) is 2. The van der Waals surface area contributed by atoms with Crippen molar-refractivity contribution < 1.29 is 18.3 Å². The van der Waals surface area contributed by atoms with Crippen molar-refractivity contribution in [1.82, 2.24) is 10.3 Å². The highest BCUT2D eigenvalue weighted by molar-refractivity contribution is 5.89. The van der Waals surface area contributed by atoms with Crippen molar-refractivity contribution in [2.24, 2.45) is 0 Å². The van der Waals surface area contributed by atoms with Crippen LogP contribution in [-0.2, 0) is 6.54 Å². The van der Waals surface area contributed by atoms with Gasteiger partial charge in [-0.3, -0.25) is 0 Å². The van der Waals surface area contributed by atoms with Crippen LogP contribution in [0.3, 0.4) is 0 Å². The molecule has 2 aromatic rings. The number of halogens is 2. The molecular formula is C15H15F2N3O2. The van der Waals surface area contributed by atoms with Crippen molar-refractivity contribution in [2.75, 3.05) is 11.9 Å². The minimum Gasteiger partial charge on any atom is -0.478 e. The van der Waals surface area contributed by atoms with Gasteiger partial charge in [0.1, 0.15) is 17.3 Å². The quantitative estimate of drug-likeness (QED) is 0.892. The number of pyridine rings is 1. The SMILES string of the molecule is CCOc1ncccc1CNC(=O)Nc1c(F)cccc1F. The number of aromatic nitrogens is 1. The van der Waals surface area contributed by atoms with Crippen LogP contribution < -0.4 is 15.4 Å². The number of anilines is 1. The van der Waals surface area contributed by atoms with Crippen LogP contribution in [-0.4, -0.2) is 17.6 Å². The van der Waals surface area contributed by atoms with Gasteiger partial charge in [0.2, 0.25) is 5.88 Å². The van der Waals surface area contributed by atoms with Gasteiger partial charge in [-0.15, -0.1) is 0 Å². The molecule has 2 N–H and O–H groups in total. The van der Waals surface area contributed by atoms with Gasteiger partial charge in [0.15, 0.2) is 0 Å². The summed E-state index contributed by atoms with van der Waals surface area (Å²) in [5, 5.41) is 4.64. The summed E-state index contributed by atoms with van der Waals surface area (Å²) in [6.45, 7) is 2.38. The Labute approximate surface area is 126 Å². The highest BCUT2D eigenvalue weighted by Gasteiger charge is 2.12. The molecule has 0 aliphatic heterocycles. The van der Waals surface area contributed by atoms with Gasteiger partial charge in [-0.1, -0.05) is 12.1 Å². The molecule has 1 aromatic carbocycles. The fourth-order valence-electron chi connectivity index (χ4n) is 1.78. The predicted molar refractivity (Wildman–Crippen MR) is 77.6 cm³/mol. The predicted octanol–water partition coefficient (Wildman–Crippen LogP) is 3.08. The molecule has 0 unspecified atom stereocenters. The molecule has 0 bridgehead atoms. The van der Waals surface area contributed by atoms with Crippen LogP contribution in [0.25, 0.3) is 0 Å². The van der Waals surface area contributed by atoms with E-state index in [4.69, 9.17) is 4.74 Å². The van der Waals surface area contributed by atoms with Crippen molar-refractivity contribution in [3.63, 3.8) is 0 Å². The van der Waals surface area contributed by atoms with Gasteiger partial charge in [0.05, 0.1) is 6.61 Å². The summed E-state index contributed by atoms with van der Waals surface area (Å²) in [5.41, 5.74) is 0.171. The van der Waals surface area contributed by atoms with Gasteiger partial charge < -0.3 is 15.4 Å². The van der Waals surface area contributed by atoms with E-state index >= 15 is 0 Å². The molecule has 1 heterocycles. The minimum absolute atomic E-state index is 0.116. The van der Waals surface area contributed by atoms with E-state index in [1.807, 2.05) is 6.92 Å². The lowest BCUT2D eigenvalue weighted by atomic mass is 10.2. The summed E-state index contributed by atoms with van der Waals surface area (Å²) in [7, 11) is 0. The smallest absolute Gasteiger partial charge is 0.319 e. The van der Waals surface area contributed by atoms with Crippen LogP contribution in [0.15, 0.2) is 36.5 Å². The van der Waals surface area contributed by atoms with Gasteiger partial charge in [0.25, 0.3) is 0 Å². The molecule has 22 heavy (non-hydrogen) atoms. The third-order valence-corrected chi connectivity index (χ3v) is 2.77. The van der Waals surface area contributed by atoms with Crippen molar-refractivity contribution >= 4 is 11.7 Å². The monoisotopic (exact) mass is 307 g/mol. The lowest BCUT2D eigenvalue weighted by Gasteiger charge is -2.11. The van der Waals surface area contributed by atoms with Crippen LogP contribution >= 0.6 is 0 Å². The number of nitrogens with zero attached hydrogens (tertiary/aromatic N) is 1. The highest BCUT2D eigenvalue weighted by Crippen LogP contribution is 2.18. The zero-order chi connectivity index (χ0) is 15.9. The van der Waals surface area contributed by atoms with Crippen molar-refractivity contribution in [1.29, 1.82) is 0 Å². The molecule has 0 saturated heterocycles. The average molecular weight is 307 g/mol. The molecule has 0 saturated carbocycles. The molecule has 7 heteroatoms. The Balaban J connectivity index is 1.99. The zero-order valence-corrected chi connectivity index (χ0v) is 11.9. The number of hydrogen-bond acceptors (Lipinski definition) is 3. The highest BCUT2D eigenvalue weighted by atomic mass is 19.1. The Kier molecular flexibility index (Phi) is 5.24. The molecular weight excluding hydrogens is 292 g/mol. The van der Waals surface area contributed by atoms with Crippen molar-refractivity contribution in [3.8, 4) is 5.88 Å². The number of urea groups is 1. The normalized spacial score (nSPS) is 10.1. The zero-order valence-electron chi connectivity index (χ0n) is 11.9. The maximum Gasteiger partial charge on any atom is 0.319 e. The van der Waals surface area contributed by atoms with Gasteiger partial charge in [0, 0.05) is 18.3 Å². The van der Waals surface area contributed by atoms with Crippen LogP contribution in [0, 0.1) is 11.6 Å². The second-order valence-corrected chi connectivity index (χ2v) is 4.31. The van der Waals surface area contributed by atoms with Crippen LogP contribution in [0.4, 0.5) is 19.3 Å². The summed E-state index contributed by atoms with van der Waals surface area (Å²) >= 11 is 0. The molecule has 0 aliphatic rings. The Morgan fingerprint density at radius 1 is 1.23 bits per heavy atom. The maximum absolute atomic E-state index is 13.4. The second kappa shape index (κ2) is 7.35. The standard InChI is InChI=1S/C15H15F2N3O2/c1-2-22-14-10(5-4-8-18-14)9-19-15(21)20-13-11(16)6-3-7-12(13)17/h3-8H,2,9H2,1H3,(H2,19,20,21). The van der Waals surface area contributed by atoms with Crippen molar-refractivity contribution in [3.05, 3.63) is 53.7 Å². The van der Waals surface area contributed by atoms with Gasteiger partial charge in [-0.05, 0) is 25.1 Å². The van der Waals surface area contributed by atoms with E-state index in [1.54, 1.807) is 18.3 Å². The molecule has 0 fully saturated rings. The number of rotatable bonds is 5. The minimum atomic E-state index is -0.841. The number of carbonyl (C=O) groups is 1. The van der Waals surface area contributed by atoms with E-state index in [2.05, 4.69) is 15.6 Å². The van der Waals surface area contributed by atoms with Crippen LogP contribution in [0.1, 0.15) is 12.5 Å². The molecule has 2 amide bonds. The lowest BCUT2D eigenvalue weighted by molar-refractivity contribution is 0.251. The number of amides is 2. The Hall–Kier alpha value is -2.70. The van der Waals surface area contributed by atoms with Gasteiger partial charge >= 0.3 is 6.03 Å². The molecule has 0 spiro atoms. The summed E-state index contributed by atoms with van der Waals surface area (Å²) in [4.78, 5) is 15.8. The summed E-state index contributed by atoms with van der Waals surface area (Å²) in [6, 6.07) is 6.06. The number of carbonyl (C=O) groups excluding carboxylic acids is 1. The fourth-order valence-corrected chi connectivity index (χ4v) is 1.78. The summed E-state index contributed by atoms with van der Waals surface area (Å²) < 4.78 is 32.2. The Morgan fingerprint density at radius 2 is 1.95 bits per heavy atom. The van der Waals surface area contributed by atoms with Gasteiger partial charge in [-0.2, -0.15) is 0 Å². The topological polar surface area (TPSA) is 63.2 Å². The van der Waals surface area contributed by atoms with Gasteiger partial charge in [-0.25, -0.2) is 18.6 Å². The number of ether oxygens (including phenoxy) is 1. The molecule has 0 radical (unpaired) electrons. The third kappa shape index (κ3) is 3.91. The van der Waals surface area contributed by atoms with E-state index < -0.39 is 23.4 Å². The lowest BCUT2D eigenvalue weighted by Crippen LogP contribution is -2.29. The first-order chi connectivity index (χ1) is 10.6. The number of benzene rings is 1.